The van der Waals surface area contributed by atoms with Gasteiger partial charge in [-0.3, -0.25) is 5.01 Å². The van der Waals surface area contributed by atoms with E-state index in [0.717, 1.165) is 26.2 Å². The second-order valence-corrected chi connectivity index (χ2v) is 7.25. The van der Waals surface area contributed by atoms with Gasteiger partial charge >= 0.3 is 0 Å². The normalized spacial score (nSPS) is 15.0. The number of piperazine rings is 1. The highest BCUT2D eigenvalue weighted by molar-refractivity contribution is 6.13. The van der Waals surface area contributed by atoms with Gasteiger partial charge in [0.1, 0.15) is 0 Å². The van der Waals surface area contributed by atoms with Crippen LogP contribution in [0.2, 0.25) is 0 Å². The lowest BCUT2D eigenvalue weighted by Gasteiger charge is -2.34. The Hall–Kier alpha value is -3.33. The summed E-state index contributed by atoms with van der Waals surface area (Å²) in [6, 6.07) is 30.0. The number of hydrazone groups is 1. The van der Waals surface area contributed by atoms with Crippen LogP contribution in [0.1, 0.15) is 5.56 Å². The summed E-state index contributed by atoms with van der Waals surface area (Å²) in [7, 11) is 0. The molecule has 0 saturated carbocycles. The van der Waals surface area contributed by atoms with Crippen LogP contribution in [0.25, 0.3) is 21.5 Å². The van der Waals surface area contributed by atoms with Gasteiger partial charge in [-0.2, -0.15) is 5.10 Å². The summed E-state index contributed by atoms with van der Waals surface area (Å²) >= 11 is 0. The van der Waals surface area contributed by atoms with Gasteiger partial charge in [0, 0.05) is 24.3 Å². The van der Waals surface area contributed by atoms with Crippen molar-refractivity contribution in [1.82, 2.24) is 5.01 Å². The van der Waals surface area contributed by atoms with Gasteiger partial charge in [-0.1, -0.05) is 66.7 Å². The van der Waals surface area contributed by atoms with Crippen LogP contribution in [0.5, 0.6) is 0 Å². The minimum absolute atomic E-state index is 0.939. The molecule has 0 aromatic heterocycles. The summed E-state index contributed by atoms with van der Waals surface area (Å²) in [4.78, 5) is 2.43. The van der Waals surface area contributed by atoms with Crippen molar-refractivity contribution in [1.29, 1.82) is 0 Å². The average molecular weight is 365 g/mol. The zero-order chi connectivity index (χ0) is 18.8. The summed E-state index contributed by atoms with van der Waals surface area (Å²) in [6.07, 6.45) is 2.06. The summed E-state index contributed by atoms with van der Waals surface area (Å²) in [5, 5.41) is 12.1. The Bertz CT molecular complexity index is 1070. The lowest BCUT2D eigenvalue weighted by atomic mass is 9.97. The molecule has 0 aliphatic carbocycles. The first-order valence-corrected chi connectivity index (χ1v) is 9.88. The maximum absolute atomic E-state index is 4.86. The third-order valence-electron chi connectivity index (χ3n) is 5.54. The Morgan fingerprint density at radius 3 is 1.86 bits per heavy atom. The molecule has 1 heterocycles. The number of anilines is 1. The van der Waals surface area contributed by atoms with Crippen LogP contribution in [-0.4, -0.2) is 37.4 Å². The molecular formula is C25H23N3. The van der Waals surface area contributed by atoms with E-state index in [2.05, 4.69) is 101 Å². The number of benzene rings is 4. The molecule has 28 heavy (non-hydrogen) atoms. The van der Waals surface area contributed by atoms with Crippen molar-refractivity contribution in [2.45, 2.75) is 0 Å². The van der Waals surface area contributed by atoms with E-state index in [1.165, 1.54) is 32.8 Å². The zero-order valence-corrected chi connectivity index (χ0v) is 15.8. The summed E-state index contributed by atoms with van der Waals surface area (Å²) in [5.41, 5.74) is 2.50. The number of hydrogen-bond donors (Lipinski definition) is 0. The maximum Gasteiger partial charge on any atom is 0.0555 e. The van der Waals surface area contributed by atoms with E-state index < -0.39 is 0 Å². The molecule has 1 aliphatic heterocycles. The van der Waals surface area contributed by atoms with Gasteiger partial charge in [0.05, 0.1) is 19.3 Å². The average Bonchev–Trinajstić information content (AvgIpc) is 2.77. The van der Waals surface area contributed by atoms with Crippen LogP contribution < -0.4 is 4.90 Å². The molecule has 138 valence electrons. The van der Waals surface area contributed by atoms with E-state index in [4.69, 9.17) is 5.10 Å². The molecule has 1 aliphatic rings. The summed E-state index contributed by atoms with van der Waals surface area (Å²) in [5.74, 6) is 0. The van der Waals surface area contributed by atoms with Gasteiger partial charge in [-0.25, -0.2) is 0 Å². The molecule has 0 amide bonds. The molecular weight excluding hydrogens is 342 g/mol. The van der Waals surface area contributed by atoms with E-state index in [9.17, 15) is 0 Å². The fourth-order valence-corrected chi connectivity index (χ4v) is 4.04. The molecule has 1 fully saturated rings. The lowest BCUT2D eigenvalue weighted by Crippen LogP contribution is -2.44. The quantitative estimate of drug-likeness (QED) is 0.369. The van der Waals surface area contributed by atoms with Crippen LogP contribution in [0.15, 0.2) is 90.0 Å². The van der Waals surface area contributed by atoms with Crippen LogP contribution in [0.4, 0.5) is 5.69 Å². The molecule has 0 unspecified atom stereocenters. The van der Waals surface area contributed by atoms with Crippen molar-refractivity contribution < 1.29 is 0 Å². The molecule has 0 spiro atoms. The molecule has 0 radical (unpaired) electrons. The molecule has 4 aromatic carbocycles. The van der Waals surface area contributed by atoms with Crippen LogP contribution in [0, 0.1) is 0 Å². The number of nitrogens with zero attached hydrogens (tertiary/aromatic N) is 3. The first-order valence-electron chi connectivity index (χ1n) is 9.88. The SMILES string of the molecule is C(=N\N1CCN(c2ccccc2)CC1)/c1c2ccccc2cc2ccccc12. The van der Waals surface area contributed by atoms with Crippen LogP contribution in [-0.2, 0) is 0 Å². The fourth-order valence-electron chi connectivity index (χ4n) is 4.04. The Morgan fingerprint density at radius 2 is 1.21 bits per heavy atom. The fraction of sp³-hybridized carbons (Fsp3) is 0.160. The van der Waals surface area contributed by atoms with E-state index in [1.54, 1.807) is 0 Å². The Morgan fingerprint density at radius 1 is 0.643 bits per heavy atom. The van der Waals surface area contributed by atoms with Gasteiger partial charge < -0.3 is 4.90 Å². The number of hydrogen-bond acceptors (Lipinski definition) is 3. The Labute approximate surface area is 165 Å². The minimum atomic E-state index is 0.939. The van der Waals surface area contributed by atoms with Crippen LogP contribution in [0.3, 0.4) is 0 Å². The van der Waals surface area contributed by atoms with E-state index in [-0.39, 0.29) is 0 Å². The van der Waals surface area contributed by atoms with Gasteiger partial charge in [-0.05, 0) is 39.7 Å². The largest absolute Gasteiger partial charge is 0.368 e. The van der Waals surface area contributed by atoms with Crippen molar-refractivity contribution >= 4 is 33.4 Å². The van der Waals surface area contributed by atoms with Crippen molar-refractivity contribution in [2.24, 2.45) is 5.10 Å². The van der Waals surface area contributed by atoms with E-state index in [1.807, 2.05) is 0 Å². The predicted molar refractivity (Wildman–Crippen MR) is 119 cm³/mol. The molecule has 3 heteroatoms. The standard InChI is InChI=1S/C25H23N3/c1-2-10-22(11-3-1)27-14-16-28(17-15-27)26-19-25-23-12-6-4-8-20(23)18-21-9-5-7-13-24(21)25/h1-13,18-19H,14-17H2/b26-19+. The zero-order valence-electron chi connectivity index (χ0n) is 15.8. The predicted octanol–water partition coefficient (Wildman–Crippen LogP) is 5.15. The topological polar surface area (TPSA) is 18.8 Å². The first-order chi connectivity index (χ1) is 13.9. The number of fused-ring (bicyclic) bond motifs is 2. The van der Waals surface area contributed by atoms with Gasteiger partial charge in [0.25, 0.3) is 0 Å². The molecule has 0 N–H and O–H groups in total. The highest BCUT2D eigenvalue weighted by atomic mass is 15.5. The van der Waals surface area contributed by atoms with E-state index in [0.29, 0.717) is 0 Å². The highest BCUT2D eigenvalue weighted by Gasteiger charge is 2.15. The monoisotopic (exact) mass is 365 g/mol. The third-order valence-corrected chi connectivity index (χ3v) is 5.54. The first kappa shape index (κ1) is 16.8. The molecule has 3 nitrogen and oxygen atoms in total. The van der Waals surface area contributed by atoms with Crippen molar-refractivity contribution in [2.75, 3.05) is 31.1 Å². The van der Waals surface area contributed by atoms with Gasteiger partial charge in [-0.15, -0.1) is 0 Å². The number of para-hydroxylation sites is 1. The molecule has 0 bridgehead atoms. The number of rotatable bonds is 3. The Kier molecular flexibility index (Phi) is 4.42. The molecule has 4 aromatic rings. The highest BCUT2D eigenvalue weighted by Crippen LogP contribution is 2.27. The second kappa shape index (κ2) is 7.35. The molecule has 5 rings (SSSR count). The maximum atomic E-state index is 4.86. The van der Waals surface area contributed by atoms with Crippen molar-refractivity contribution in [3.63, 3.8) is 0 Å². The van der Waals surface area contributed by atoms with E-state index >= 15 is 0 Å². The van der Waals surface area contributed by atoms with Gasteiger partial charge in [0.15, 0.2) is 0 Å². The van der Waals surface area contributed by atoms with Crippen LogP contribution >= 0.6 is 0 Å². The summed E-state index contributed by atoms with van der Waals surface area (Å²) < 4.78 is 0. The van der Waals surface area contributed by atoms with Crippen molar-refractivity contribution in [3.8, 4) is 0 Å². The molecule has 0 atom stereocenters. The summed E-state index contributed by atoms with van der Waals surface area (Å²) in [6.45, 7) is 3.87. The van der Waals surface area contributed by atoms with Crippen molar-refractivity contribution in [3.05, 3.63) is 90.5 Å². The molecule has 1 saturated heterocycles. The van der Waals surface area contributed by atoms with Gasteiger partial charge in [0.2, 0.25) is 0 Å². The minimum Gasteiger partial charge on any atom is -0.368 e. The second-order valence-electron chi connectivity index (χ2n) is 7.25. The smallest absolute Gasteiger partial charge is 0.0555 e. The third kappa shape index (κ3) is 3.20. The lowest BCUT2D eigenvalue weighted by molar-refractivity contribution is 0.272. The Balaban J connectivity index is 1.41.